The molecule has 5 heteroatoms. The number of aromatic nitrogens is 2. The Labute approximate surface area is 110 Å². The van der Waals surface area contributed by atoms with E-state index in [1.807, 2.05) is 6.92 Å². The fourth-order valence-corrected chi connectivity index (χ4v) is 1.78. The van der Waals surface area contributed by atoms with Gasteiger partial charge in [-0.25, -0.2) is 14.4 Å². The lowest BCUT2D eigenvalue weighted by molar-refractivity contribution is 0.628. The molecule has 1 aromatic carbocycles. The van der Waals surface area contributed by atoms with Gasteiger partial charge in [-0.05, 0) is 31.2 Å². The van der Waals surface area contributed by atoms with Crippen molar-refractivity contribution in [2.45, 2.75) is 19.4 Å². The molecule has 1 unspecified atom stereocenters. The molecule has 3 nitrogen and oxygen atoms in total. The van der Waals surface area contributed by atoms with E-state index >= 15 is 0 Å². The van der Waals surface area contributed by atoms with Crippen molar-refractivity contribution >= 4 is 11.6 Å². The van der Waals surface area contributed by atoms with Crippen molar-refractivity contribution in [1.29, 1.82) is 0 Å². The Morgan fingerprint density at radius 2 is 2.17 bits per heavy atom. The van der Waals surface area contributed by atoms with Crippen molar-refractivity contribution in [2.75, 3.05) is 0 Å². The standard InChI is InChI=1S/C13H13ClFN3/c1-8(16)6-13-17-5-4-12(18-13)9-2-3-11(15)10(14)7-9/h2-5,7-8H,6,16H2,1H3. The van der Waals surface area contributed by atoms with E-state index < -0.39 is 5.82 Å². The summed E-state index contributed by atoms with van der Waals surface area (Å²) in [7, 11) is 0. The van der Waals surface area contributed by atoms with Crippen molar-refractivity contribution < 1.29 is 4.39 Å². The van der Waals surface area contributed by atoms with Crippen molar-refractivity contribution in [3.05, 3.63) is 47.1 Å². The zero-order valence-electron chi connectivity index (χ0n) is 9.90. The average molecular weight is 266 g/mol. The molecule has 2 rings (SSSR count). The molecule has 0 aliphatic rings. The van der Waals surface area contributed by atoms with E-state index in [1.54, 1.807) is 24.4 Å². The molecule has 0 saturated heterocycles. The summed E-state index contributed by atoms with van der Waals surface area (Å²) in [5.74, 6) is 0.230. The summed E-state index contributed by atoms with van der Waals surface area (Å²) in [5, 5.41) is 0.0832. The Bertz CT molecular complexity index is 558. The lowest BCUT2D eigenvalue weighted by Crippen LogP contribution is -2.19. The molecular formula is C13H13ClFN3. The molecule has 0 aliphatic heterocycles. The SMILES string of the molecule is CC(N)Cc1nccc(-c2ccc(F)c(Cl)c2)n1. The highest BCUT2D eigenvalue weighted by Gasteiger charge is 2.07. The predicted octanol–water partition coefficient (Wildman–Crippen LogP) is 2.83. The molecule has 0 spiro atoms. The smallest absolute Gasteiger partial charge is 0.141 e. The third kappa shape index (κ3) is 3.03. The van der Waals surface area contributed by atoms with Gasteiger partial charge in [0.15, 0.2) is 0 Å². The number of hydrogen-bond acceptors (Lipinski definition) is 3. The van der Waals surface area contributed by atoms with Crippen LogP contribution < -0.4 is 5.73 Å². The minimum Gasteiger partial charge on any atom is -0.328 e. The molecule has 2 aromatic rings. The molecule has 0 radical (unpaired) electrons. The van der Waals surface area contributed by atoms with Crippen molar-refractivity contribution in [1.82, 2.24) is 9.97 Å². The number of benzene rings is 1. The van der Waals surface area contributed by atoms with Gasteiger partial charge in [0.25, 0.3) is 0 Å². The number of rotatable bonds is 3. The van der Waals surface area contributed by atoms with Crippen LogP contribution in [0.25, 0.3) is 11.3 Å². The molecule has 0 amide bonds. The van der Waals surface area contributed by atoms with Crippen LogP contribution in [-0.2, 0) is 6.42 Å². The molecule has 0 bridgehead atoms. The molecule has 1 heterocycles. The summed E-state index contributed by atoms with van der Waals surface area (Å²) in [6, 6.07) is 6.27. The Hall–Kier alpha value is -1.52. The molecule has 94 valence electrons. The van der Waals surface area contributed by atoms with Crippen LogP contribution in [0.15, 0.2) is 30.5 Å². The van der Waals surface area contributed by atoms with E-state index in [9.17, 15) is 4.39 Å². The average Bonchev–Trinajstić information content (AvgIpc) is 2.32. The lowest BCUT2D eigenvalue weighted by Gasteiger charge is -2.06. The molecule has 18 heavy (non-hydrogen) atoms. The van der Waals surface area contributed by atoms with Gasteiger partial charge in [0.2, 0.25) is 0 Å². The highest BCUT2D eigenvalue weighted by atomic mass is 35.5. The van der Waals surface area contributed by atoms with Crippen LogP contribution in [0.4, 0.5) is 4.39 Å². The second kappa shape index (κ2) is 5.42. The first-order chi connectivity index (χ1) is 8.56. The minimum absolute atomic E-state index is 0.00273. The van der Waals surface area contributed by atoms with Gasteiger partial charge in [0, 0.05) is 24.2 Å². The topological polar surface area (TPSA) is 51.8 Å². The summed E-state index contributed by atoms with van der Waals surface area (Å²) in [5.41, 5.74) is 7.18. The van der Waals surface area contributed by atoms with E-state index in [-0.39, 0.29) is 11.1 Å². The van der Waals surface area contributed by atoms with Gasteiger partial charge in [-0.3, -0.25) is 0 Å². The summed E-state index contributed by atoms with van der Waals surface area (Å²) < 4.78 is 13.1. The molecular weight excluding hydrogens is 253 g/mol. The van der Waals surface area contributed by atoms with Crippen LogP contribution in [0.2, 0.25) is 5.02 Å². The predicted molar refractivity (Wildman–Crippen MR) is 69.8 cm³/mol. The Balaban J connectivity index is 2.35. The molecule has 0 fully saturated rings. The van der Waals surface area contributed by atoms with Crippen LogP contribution >= 0.6 is 11.6 Å². The van der Waals surface area contributed by atoms with Crippen molar-refractivity contribution in [3.8, 4) is 11.3 Å². The number of hydrogen-bond donors (Lipinski definition) is 1. The molecule has 0 aliphatic carbocycles. The molecule has 2 N–H and O–H groups in total. The van der Waals surface area contributed by atoms with Crippen LogP contribution in [0.5, 0.6) is 0 Å². The van der Waals surface area contributed by atoms with E-state index in [2.05, 4.69) is 9.97 Å². The Kier molecular flexibility index (Phi) is 3.89. The largest absolute Gasteiger partial charge is 0.328 e. The first-order valence-corrected chi connectivity index (χ1v) is 5.97. The summed E-state index contributed by atoms with van der Waals surface area (Å²) >= 11 is 5.75. The third-order valence-electron chi connectivity index (χ3n) is 2.43. The van der Waals surface area contributed by atoms with Crippen LogP contribution in [0.1, 0.15) is 12.7 Å². The first-order valence-electron chi connectivity index (χ1n) is 5.59. The van der Waals surface area contributed by atoms with Gasteiger partial charge >= 0.3 is 0 Å². The maximum absolute atomic E-state index is 13.1. The first kappa shape index (κ1) is 12.9. The van der Waals surface area contributed by atoms with Crippen LogP contribution in [0, 0.1) is 5.82 Å². The van der Waals surface area contributed by atoms with Crippen LogP contribution in [-0.4, -0.2) is 16.0 Å². The summed E-state index contributed by atoms with van der Waals surface area (Å²) in [6.45, 7) is 1.89. The third-order valence-corrected chi connectivity index (χ3v) is 2.72. The molecule has 0 saturated carbocycles. The zero-order chi connectivity index (χ0) is 13.1. The molecule has 1 atom stereocenters. The van der Waals surface area contributed by atoms with E-state index in [0.29, 0.717) is 17.9 Å². The van der Waals surface area contributed by atoms with Crippen molar-refractivity contribution in [3.63, 3.8) is 0 Å². The zero-order valence-corrected chi connectivity index (χ0v) is 10.7. The van der Waals surface area contributed by atoms with Gasteiger partial charge in [-0.2, -0.15) is 0 Å². The van der Waals surface area contributed by atoms with Gasteiger partial charge in [0.05, 0.1) is 10.7 Å². The van der Waals surface area contributed by atoms with Gasteiger partial charge in [-0.15, -0.1) is 0 Å². The summed E-state index contributed by atoms with van der Waals surface area (Å²) in [4.78, 5) is 8.53. The Morgan fingerprint density at radius 3 is 2.83 bits per heavy atom. The second-order valence-electron chi connectivity index (χ2n) is 4.17. The lowest BCUT2D eigenvalue weighted by atomic mass is 10.1. The quantitative estimate of drug-likeness (QED) is 0.928. The fraction of sp³-hybridized carbons (Fsp3) is 0.231. The minimum atomic E-state index is -0.440. The highest BCUT2D eigenvalue weighted by molar-refractivity contribution is 6.31. The summed E-state index contributed by atoms with van der Waals surface area (Å²) in [6.07, 6.45) is 2.26. The van der Waals surface area contributed by atoms with Gasteiger partial charge in [0.1, 0.15) is 11.6 Å². The van der Waals surface area contributed by atoms with E-state index in [1.165, 1.54) is 6.07 Å². The van der Waals surface area contributed by atoms with E-state index in [0.717, 1.165) is 5.56 Å². The molecule has 1 aromatic heterocycles. The van der Waals surface area contributed by atoms with Crippen LogP contribution in [0.3, 0.4) is 0 Å². The monoisotopic (exact) mass is 265 g/mol. The van der Waals surface area contributed by atoms with Gasteiger partial charge < -0.3 is 5.73 Å². The van der Waals surface area contributed by atoms with Gasteiger partial charge in [-0.1, -0.05) is 11.6 Å². The maximum atomic E-state index is 13.1. The normalized spacial score (nSPS) is 12.4. The second-order valence-corrected chi connectivity index (χ2v) is 4.58. The highest BCUT2D eigenvalue weighted by Crippen LogP contribution is 2.23. The number of halogens is 2. The number of nitrogens with two attached hydrogens (primary N) is 1. The van der Waals surface area contributed by atoms with E-state index in [4.69, 9.17) is 17.3 Å². The van der Waals surface area contributed by atoms with Crippen molar-refractivity contribution in [2.24, 2.45) is 5.73 Å². The number of nitrogens with zero attached hydrogens (tertiary/aromatic N) is 2. The Morgan fingerprint density at radius 1 is 1.39 bits per heavy atom. The maximum Gasteiger partial charge on any atom is 0.141 e. The fourth-order valence-electron chi connectivity index (χ4n) is 1.60.